The number of aryl methyl sites for hydroxylation is 2. The van der Waals surface area contributed by atoms with Gasteiger partial charge in [-0.15, -0.1) is 11.3 Å². The first-order valence-corrected chi connectivity index (χ1v) is 5.06. The molecular weight excluding hydrogens is 178 g/mol. The normalized spacial score (nSPS) is 10.3. The van der Waals surface area contributed by atoms with E-state index in [2.05, 4.69) is 37.0 Å². The van der Waals surface area contributed by atoms with Crippen LogP contribution in [-0.2, 0) is 0 Å². The number of hydrogen-bond donors (Lipinski definition) is 0. The third-order valence-electron chi connectivity index (χ3n) is 2.03. The molecule has 0 bridgehead atoms. The van der Waals surface area contributed by atoms with Crippen LogP contribution in [0.4, 0.5) is 0 Å². The Balaban J connectivity index is 2.52. The summed E-state index contributed by atoms with van der Waals surface area (Å²) in [4.78, 5) is 6.77. The van der Waals surface area contributed by atoms with Crippen molar-refractivity contribution >= 4 is 11.3 Å². The SMILES string of the molecule is Cc1ccc(-c2ccncc2C)s1. The molecule has 0 aromatic carbocycles. The predicted octanol–water partition coefficient (Wildman–Crippen LogP) is 3.43. The van der Waals surface area contributed by atoms with Gasteiger partial charge in [-0.05, 0) is 43.2 Å². The highest BCUT2D eigenvalue weighted by molar-refractivity contribution is 7.15. The lowest BCUT2D eigenvalue weighted by Crippen LogP contribution is -1.80. The third-order valence-corrected chi connectivity index (χ3v) is 3.06. The Bertz CT molecular complexity index is 418. The Hall–Kier alpha value is -1.15. The van der Waals surface area contributed by atoms with E-state index in [0.29, 0.717) is 0 Å². The zero-order valence-electron chi connectivity index (χ0n) is 7.74. The van der Waals surface area contributed by atoms with Crippen molar-refractivity contribution in [1.29, 1.82) is 0 Å². The molecule has 0 aliphatic rings. The van der Waals surface area contributed by atoms with Crippen molar-refractivity contribution in [1.82, 2.24) is 4.98 Å². The van der Waals surface area contributed by atoms with Crippen LogP contribution in [-0.4, -0.2) is 4.98 Å². The van der Waals surface area contributed by atoms with Crippen LogP contribution < -0.4 is 0 Å². The largest absolute Gasteiger partial charge is 0.264 e. The molecule has 0 unspecified atom stereocenters. The van der Waals surface area contributed by atoms with Gasteiger partial charge < -0.3 is 0 Å². The Labute approximate surface area is 82.1 Å². The van der Waals surface area contributed by atoms with Crippen molar-refractivity contribution in [2.24, 2.45) is 0 Å². The van der Waals surface area contributed by atoms with Crippen LogP contribution in [0.3, 0.4) is 0 Å². The van der Waals surface area contributed by atoms with E-state index in [0.717, 1.165) is 0 Å². The molecular formula is C11H11NS. The lowest BCUT2D eigenvalue weighted by Gasteiger charge is -2.00. The van der Waals surface area contributed by atoms with Crippen molar-refractivity contribution in [3.8, 4) is 10.4 Å². The second-order valence-corrected chi connectivity index (χ2v) is 4.39. The standard InChI is InChI=1S/C11H11NS/c1-8-7-12-6-5-10(8)11-4-3-9(2)13-11/h3-7H,1-2H3. The lowest BCUT2D eigenvalue weighted by atomic mass is 10.1. The fraction of sp³-hybridized carbons (Fsp3) is 0.182. The molecule has 66 valence electrons. The van der Waals surface area contributed by atoms with E-state index in [1.54, 1.807) is 0 Å². The van der Waals surface area contributed by atoms with E-state index in [9.17, 15) is 0 Å². The minimum absolute atomic E-state index is 1.24. The van der Waals surface area contributed by atoms with Gasteiger partial charge in [-0.3, -0.25) is 4.98 Å². The molecule has 0 saturated heterocycles. The van der Waals surface area contributed by atoms with Crippen molar-refractivity contribution < 1.29 is 0 Å². The van der Waals surface area contributed by atoms with Crippen LogP contribution in [0.15, 0.2) is 30.6 Å². The second kappa shape index (κ2) is 3.30. The molecule has 0 saturated carbocycles. The maximum Gasteiger partial charge on any atom is 0.0349 e. The molecule has 0 atom stereocenters. The number of thiophene rings is 1. The van der Waals surface area contributed by atoms with Gasteiger partial charge in [-0.1, -0.05) is 0 Å². The van der Waals surface area contributed by atoms with Gasteiger partial charge in [0.1, 0.15) is 0 Å². The summed E-state index contributed by atoms with van der Waals surface area (Å²) in [5.74, 6) is 0. The Kier molecular flexibility index (Phi) is 2.15. The zero-order chi connectivity index (χ0) is 9.26. The minimum atomic E-state index is 1.24. The smallest absolute Gasteiger partial charge is 0.0349 e. The first-order valence-electron chi connectivity index (χ1n) is 4.25. The van der Waals surface area contributed by atoms with E-state index in [1.807, 2.05) is 23.7 Å². The quantitative estimate of drug-likeness (QED) is 0.669. The summed E-state index contributed by atoms with van der Waals surface area (Å²) in [5.41, 5.74) is 2.54. The van der Waals surface area contributed by atoms with Gasteiger partial charge in [0.25, 0.3) is 0 Å². The predicted molar refractivity (Wildman–Crippen MR) is 57.0 cm³/mol. The van der Waals surface area contributed by atoms with Crippen molar-refractivity contribution in [2.45, 2.75) is 13.8 Å². The van der Waals surface area contributed by atoms with E-state index >= 15 is 0 Å². The average Bonchev–Trinajstić information content (AvgIpc) is 2.53. The van der Waals surface area contributed by atoms with E-state index in [1.165, 1.54) is 20.9 Å². The van der Waals surface area contributed by atoms with Gasteiger partial charge in [0.15, 0.2) is 0 Å². The molecule has 2 aromatic heterocycles. The summed E-state index contributed by atoms with van der Waals surface area (Å²) in [6.45, 7) is 4.22. The highest BCUT2D eigenvalue weighted by Crippen LogP contribution is 2.29. The number of rotatable bonds is 1. The highest BCUT2D eigenvalue weighted by atomic mass is 32.1. The van der Waals surface area contributed by atoms with Crippen molar-refractivity contribution in [2.75, 3.05) is 0 Å². The summed E-state index contributed by atoms with van der Waals surface area (Å²) in [6, 6.07) is 6.39. The van der Waals surface area contributed by atoms with Crippen LogP contribution in [0.1, 0.15) is 10.4 Å². The van der Waals surface area contributed by atoms with Crippen molar-refractivity contribution in [3.05, 3.63) is 41.0 Å². The fourth-order valence-electron chi connectivity index (χ4n) is 1.33. The van der Waals surface area contributed by atoms with Crippen LogP contribution >= 0.6 is 11.3 Å². The van der Waals surface area contributed by atoms with Gasteiger partial charge in [0.2, 0.25) is 0 Å². The Morgan fingerprint density at radius 2 is 2.00 bits per heavy atom. The summed E-state index contributed by atoms with van der Waals surface area (Å²) >= 11 is 1.83. The topological polar surface area (TPSA) is 12.9 Å². The number of nitrogens with zero attached hydrogens (tertiary/aromatic N) is 1. The van der Waals surface area contributed by atoms with E-state index in [-0.39, 0.29) is 0 Å². The molecule has 2 rings (SSSR count). The number of hydrogen-bond acceptors (Lipinski definition) is 2. The molecule has 2 aromatic rings. The third kappa shape index (κ3) is 1.63. The molecule has 0 amide bonds. The zero-order valence-corrected chi connectivity index (χ0v) is 8.56. The first-order chi connectivity index (χ1) is 6.27. The van der Waals surface area contributed by atoms with Gasteiger partial charge >= 0.3 is 0 Å². The molecule has 1 nitrogen and oxygen atoms in total. The maximum atomic E-state index is 4.08. The molecule has 0 fully saturated rings. The van der Waals surface area contributed by atoms with E-state index in [4.69, 9.17) is 0 Å². The summed E-state index contributed by atoms with van der Waals surface area (Å²) in [5, 5.41) is 0. The average molecular weight is 189 g/mol. The molecule has 13 heavy (non-hydrogen) atoms. The number of aromatic nitrogens is 1. The minimum Gasteiger partial charge on any atom is -0.264 e. The molecule has 2 heteroatoms. The van der Waals surface area contributed by atoms with E-state index < -0.39 is 0 Å². The van der Waals surface area contributed by atoms with Gasteiger partial charge in [0.05, 0.1) is 0 Å². The summed E-state index contributed by atoms with van der Waals surface area (Å²) < 4.78 is 0. The fourth-order valence-corrected chi connectivity index (χ4v) is 2.29. The molecule has 0 aliphatic carbocycles. The summed E-state index contributed by atoms with van der Waals surface area (Å²) in [7, 11) is 0. The molecule has 0 radical (unpaired) electrons. The molecule has 0 N–H and O–H groups in total. The Morgan fingerprint density at radius 1 is 1.15 bits per heavy atom. The number of pyridine rings is 1. The molecule has 0 spiro atoms. The van der Waals surface area contributed by atoms with Crippen LogP contribution in [0.25, 0.3) is 10.4 Å². The van der Waals surface area contributed by atoms with Crippen LogP contribution in [0, 0.1) is 13.8 Å². The van der Waals surface area contributed by atoms with Gasteiger partial charge in [-0.25, -0.2) is 0 Å². The first kappa shape index (κ1) is 8.45. The monoisotopic (exact) mass is 189 g/mol. The van der Waals surface area contributed by atoms with Crippen molar-refractivity contribution in [3.63, 3.8) is 0 Å². The molecule has 2 heterocycles. The van der Waals surface area contributed by atoms with Crippen LogP contribution in [0.5, 0.6) is 0 Å². The lowest BCUT2D eigenvalue weighted by molar-refractivity contribution is 1.27. The second-order valence-electron chi connectivity index (χ2n) is 3.10. The molecule has 0 aliphatic heterocycles. The Morgan fingerprint density at radius 3 is 2.62 bits per heavy atom. The van der Waals surface area contributed by atoms with Crippen LogP contribution in [0.2, 0.25) is 0 Å². The highest BCUT2D eigenvalue weighted by Gasteiger charge is 2.02. The van der Waals surface area contributed by atoms with Gasteiger partial charge in [0, 0.05) is 22.1 Å². The van der Waals surface area contributed by atoms with Gasteiger partial charge in [-0.2, -0.15) is 0 Å². The summed E-state index contributed by atoms with van der Waals surface area (Å²) in [6.07, 6.45) is 3.75. The maximum absolute atomic E-state index is 4.08.